The van der Waals surface area contributed by atoms with E-state index in [9.17, 15) is 13.2 Å². The minimum absolute atomic E-state index is 0.127. The van der Waals surface area contributed by atoms with Crippen LogP contribution >= 0.6 is 0 Å². The van der Waals surface area contributed by atoms with Crippen LogP contribution in [0.2, 0.25) is 0 Å². The largest absolute Gasteiger partial charge is 0.573 e. The molecule has 0 aliphatic heterocycles. The van der Waals surface area contributed by atoms with Gasteiger partial charge in [0.2, 0.25) is 0 Å². The van der Waals surface area contributed by atoms with Crippen LogP contribution in [0.4, 0.5) is 13.2 Å². The van der Waals surface area contributed by atoms with Gasteiger partial charge in [0.05, 0.1) is 6.20 Å². The van der Waals surface area contributed by atoms with E-state index >= 15 is 0 Å². The number of halogens is 3. The first-order valence-electron chi connectivity index (χ1n) is 6.89. The summed E-state index contributed by atoms with van der Waals surface area (Å²) in [5, 5.41) is 4.21. The van der Waals surface area contributed by atoms with Gasteiger partial charge >= 0.3 is 6.36 Å². The van der Waals surface area contributed by atoms with Crippen LogP contribution in [-0.2, 0) is 13.1 Å². The molecule has 0 bridgehead atoms. The number of aromatic nitrogens is 2. The molecule has 2 N–H and O–H groups in total. The molecule has 0 fully saturated rings. The van der Waals surface area contributed by atoms with Gasteiger partial charge in [-0.15, -0.1) is 13.2 Å². The Morgan fingerprint density at radius 1 is 1.23 bits per heavy atom. The molecule has 1 heterocycles. The monoisotopic (exact) mass is 313 g/mol. The van der Waals surface area contributed by atoms with Gasteiger partial charge in [-0.1, -0.05) is 13.8 Å². The Hall–Kier alpha value is -2.02. The van der Waals surface area contributed by atoms with Crippen LogP contribution in [0, 0.1) is 5.92 Å². The second kappa shape index (κ2) is 6.39. The molecule has 2 rings (SSSR count). The summed E-state index contributed by atoms with van der Waals surface area (Å²) in [5.74, 6) is 0.148. The highest BCUT2D eigenvalue weighted by molar-refractivity contribution is 5.64. The second-order valence-corrected chi connectivity index (χ2v) is 5.46. The number of nitrogens with zero attached hydrogens (tertiary/aromatic N) is 2. The number of nitrogens with two attached hydrogens (primary N) is 1. The standard InChI is InChI=1S/C15H18F3N3O/c1-10(2)8-21-9-13(7-20-21)12-3-11(6-19)4-14(5-12)22-15(16,17)18/h3-5,7,9-10H,6,8,19H2,1-2H3. The molecule has 0 aliphatic rings. The first-order chi connectivity index (χ1) is 10.3. The van der Waals surface area contributed by atoms with Crippen molar-refractivity contribution in [3.05, 3.63) is 36.2 Å². The van der Waals surface area contributed by atoms with Gasteiger partial charge in [0.15, 0.2) is 0 Å². The minimum atomic E-state index is -4.73. The van der Waals surface area contributed by atoms with Crippen molar-refractivity contribution in [2.75, 3.05) is 0 Å². The first kappa shape index (κ1) is 16.4. The molecule has 22 heavy (non-hydrogen) atoms. The zero-order valence-corrected chi connectivity index (χ0v) is 12.4. The SMILES string of the molecule is CC(C)Cn1cc(-c2cc(CN)cc(OC(F)(F)F)c2)cn1. The fraction of sp³-hybridized carbons (Fsp3) is 0.400. The Balaban J connectivity index is 2.33. The van der Waals surface area contributed by atoms with Crippen LogP contribution in [-0.4, -0.2) is 16.1 Å². The molecule has 0 unspecified atom stereocenters. The summed E-state index contributed by atoms with van der Waals surface area (Å²) in [6, 6.07) is 4.36. The quantitative estimate of drug-likeness (QED) is 0.918. The molecule has 0 saturated heterocycles. The van der Waals surface area contributed by atoms with E-state index in [-0.39, 0.29) is 12.3 Å². The average molecular weight is 313 g/mol. The van der Waals surface area contributed by atoms with Gasteiger partial charge in [-0.05, 0) is 35.2 Å². The lowest BCUT2D eigenvalue weighted by Gasteiger charge is -2.11. The Labute approximate surface area is 126 Å². The highest BCUT2D eigenvalue weighted by atomic mass is 19.4. The van der Waals surface area contributed by atoms with Crippen molar-refractivity contribution in [3.8, 4) is 16.9 Å². The van der Waals surface area contributed by atoms with Gasteiger partial charge < -0.3 is 10.5 Å². The number of hydrogen-bond donors (Lipinski definition) is 1. The Kier molecular flexibility index (Phi) is 4.75. The van der Waals surface area contributed by atoms with Gasteiger partial charge in [-0.25, -0.2) is 0 Å². The van der Waals surface area contributed by atoms with Crippen molar-refractivity contribution < 1.29 is 17.9 Å². The third-order valence-electron chi connectivity index (χ3n) is 2.95. The van der Waals surface area contributed by atoms with Crippen molar-refractivity contribution in [2.24, 2.45) is 11.7 Å². The maximum absolute atomic E-state index is 12.4. The Morgan fingerprint density at radius 3 is 2.55 bits per heavy atom. The van der Waals surface area contributed by atoms with Crippen molar-refractivity contribution in [1.29, 1.82) is 0 Å². The molecule has 2 aromatic rings. The molecular weight excluding hydrogens is 295 g/mol. The lowest BCUT2D eigenvalue weighted by atomic mass is 10.1. The molecule has 0 radical (unpaired) electrons. The Morgan fingerprint density at radius 2 is 1.95 bits per heavy atom. The minimum Gasteiger partial charge on any atom is -0.406 e. The summed E-state index contributed by atoms with van der Waals surface area (Å²) >= 11 is 0. The summed E-state index contributed by atoms with van der Waals surface area (Å²) in [6.45, 7) is 4.99. The Bertz CT molecular complexity index is 635. The summed E-state index contributed by atoms with van der Waals surface area (Å²) in [7, 11) is 0. The van der Waals surface area contributed by atoms with E-state index in [1.807, 2.05) is 0 Å². The van der Waals surface area contributed by atoms with Crippen LogP contribution in [0.25, 0.3) is 11.1 Å². The number of alkyl halides is 3. The first-order valence-corrected chi connectivity index (χ1v) is 6.89. The molecule has 1 aromatic carbocycles. The van der Waals surface area contributed by atoms with Crippen LogP contribution in [0.5, 0.6) is 5.75 Å². The van der Waals surface area contributed by atoms with Crippen molar-refractivity contribution >= 4 is 0 Å². The van der Waals surface area contributed by atoms with Crippen molar-refractivity contribution in [1.82, 2.24) is 9.78 Å². The van der Waals surface area contributed by atoms with E-state index in [1.165, 1.54) is 12.1 Å². The molecule has 0 amide bonds. The topological polar surface area (TPSA) is 53.1 Å². The summed E-state index contributed by atoms with van der Waals surface area (Å²) in [6.07, 6.45) is -1.31. The highest BCUT2D eigenvalue weighted by Crippen LogP contribution is 2.29. The molecular formula is C15H18F3N3O. The van der Waals surface area contributed by atoms with Crippen LogP contribution < -0.4 is 10.5 Å². The van der Waals surface area contributed by atoms with E-state index in [0.29, 0.717) is 17.0 Å². The predicted octanol–water partition coefficient (Wildman–Crippen LogP) is 3.56. The predicted molar refractivity (Wildman–Crippen MR) is 77.1 cm³/mol. The van der Waals surface area contributed by atoms with Crippen molar-refractivity contribution in [2.45, 2.75) is 33.3 Å². The van der Waals surface area contributed by atoms with Gasteiger partial charge in [-0.2, -0.15) is 5.10 Å². The van der Waals surface area contributed by atoms with Crippen LogP contribution in [0.3, 0.4) is 0 Å². The maximum Gasteiger partial charge on any atom is 0.573 e. The van der Waals surface area contributed by atoms with Crippen molar-refractivity contribution in [3.63, 3.8) is 0 Å². The molecule has 1 aromatic heterocycles. The van der Waals surface area contributed by atoms with Gasteiger partial charge in [0.1, 0.15) is 5.75 Å². The summed E-state index contributed by atoms with van der Waals surface area (Å²) in [4.78, 5) is 0. The van der Waals surface area contributed by atoms with Gasteiger partial charge in [-0.3, -0.25) is 4.68 Å². The van der Waals surface area contributed by atoms with E-state index in [1.54, 1.807) is 23.1 Å². The third-order valence-corrected chi connectivity index (χ3v) is 2.95. The lowest BCUT2D eigenvalue weighted by molar-refractivity contribution is -0.274. The second-order valence-electron chi connectivity index (χ2n) is 5.46. The smallest absolute Gasteiger partial charge is 0.406 e. The van der Waals surface area contributed by atoms with E-state index in [4.69, 9.17) is 5.73 Å². The highest BCUT2D eigenvalue weighted by Gasteiger charge is 2.31. The van der Waals surface area contributed by atoms with E-state index < -0.39 is 6.36 Å². The number of rotatable bonds is 5. The third kappa shape index (κ3) is 4.49. The normalized spacial score (nSPS) is 12.0. The molecule has 0 atom stereocenters. The fourth-order valence-electron chi connectivity index (χ4n) is 2.12. The molecule has 0 saturated carbocycles. The van der Waals surface area contributed by atoms with Gasteiger partial charge in [0, 0.05) is 24.8 Å². The van der Waals surface area contributed by atoms with E-state index in [0.717, 1.165) is 12.1 Å². The molecule has 7 heteroatoms. The summed E-state index contributed by atoms with van der Waals surface area (Å²) in [5.41, 5.74) is 7.43. The zero-order valence-electron chi connectivity index (χ0n) is 12.4. The molecule has 0 spiro atoms. The van der Waals surface area contributed by atoms with Crippen LogP contribution in [0.15, 0.2) is 30.6 Å². The molecule has 4 nitrogen and oxygen atoms in total. The van der Waals surface area contributed by atoms with E-state index in [2.05, 4.69) is 23.7 Å². The number of hydrogen-bond acceptors (Lipinski definition) is 3. The molecule has 0 aliphatic carbocycles. The fourth-order valence-corrected chi connectivity index (χ4v) is 2.12. The molecule has 120 valence electrons. The lowest BCUT2D eigenvalue weighted by Crippen LogP contribution is -2.17. The zero-order chi connectivity index (χ0) is 16.3. The van der Waals surface area contributed by atoms with Crippen LogP contribution in [0.1, 0.15) is 19.4 Å². The maximum atomic E-state index is 12.4. The average Bonchev–Trinajstić information content (AvgIpc) is 2.84. The summed E-state index contributed by atoms with van der Waals surface area (Å²) < 4.78 is 42.9. The van der Waals surface area contributed by atoms with Gasteiger partial charge in [0.25, 0.3) is 0 Å². The number of ether oxygens (including phenoxy) is 1. The number of benzene rings is 1.